The van der Waals surface area contributed by atoms with Gasteiger partial charge < -0.3 is 5.11 Å². The molecular weight excluding hydrogens is 416 g/mol. The maximum absolute atomic E-state index is 12.5. The van der Waals surface area contributed by atoms with Crippen LogP contribution < -0.4 is 4.72 Å². The van der Waals surface area contributed by atoms with E-state index in [1.807, 2.05) is 42.5 Å². The molecule has 0 aliphatic rings. The van der Waals surface area contributed by atoms with Crippen LogP contribution in [0.2, 0.25) is 0 Å². The molecule has 4 aromatic rings. The van der Waals surface area contributed by atoms with Crippen LogP contribution in [0.1, 0.15) is 6.42 Å². The summed E-state index contributed by atoms with van der Waals surface area (Å²) in [6.07, 6.45) is 3.66. The summed E-state index contributed by atoms with van der Waals surface area (Å²) >= 11 is 1.35. The van der Waals surface area contributed by atoms with E-state index in [2.05, 4.69) is 16.3 Å². The lowest BCUT2D eigenvalue weighted by molar-refractivity contribution is 0.469. The van der Waals surface area contributed by atoms with Crippen molar-refractivity contribution < 1.29 is 13.5 Å². The molecule has 0 unspecified atom stereocenters. The van der Waals surface area contributed by atoms with Gasteiger partial charge in [-0.2, -0.15) is 0 Å². The lowest BCUT2D eigenvalue weighted by atomic mass is 10.1. The number of sulfonamides is 1. The predicted octanol–water partition coefficient (Wildman–Crippen LogP) is 5.56. The van der Waals surface area contributed by atoms with E-state index in [-0.39, 0.29) is 11.5 Å². The normalized spacial score (nSPS) is 11.6. The van der Waals surface area contributed by atoms with Crippen molar-refractivity contribution in [2.75, 3.05) is 10.5 Å². The van der Waals surface area contributed by atoms with Crippen LogP contribution in [0.25, 0.3) is 21.7 Å². The van der Waals surface area contributed by atoms with Crippen molar-refractivity contribution in [3.05, 3.63) is 79.5 Å². The van der Waals surface area contributed by atoms with E-state index >= 15 is 0 Å². The minimum Gasteiger partial charge on any atom is -0.506 e. The number of fused-ring (bicyclic) bond motifs is 2. The highest BCUT2D eigenvalue weighted by Gasteiger charge is 2.17. The highest BCUT2D eigenvalue weighted by Crippen LogP contribution is 2.44. The largest absolute Gasteiger partial charge is 0.506 e. The van der Waals surface area contributed by atoms with Gasteiger partial charge in [-0.25, -0.2) is 8.42 Å². The van der Waals surface area contributed by atoms with E-state index in [0.717, 1.165) is 15.8 Å². The third kappa shape index (κ3) is 4.13. The van der Waals surface area contributed by atoms with Crippen molar-refractivity contribution in [2.45, 2.75) is 16.2 Å². The zero-order valence-electron chi connectivity index (χ0n) is 16.1. The zero-order chi connectivity index (χ0) is 21.1. The van der Waals surface area contributed by atoms with Crippen molar-refractivity contribution in [1.82, 2.24) is 4.98 Å². The molecule has 0 spiro atoms. The summed E-state index contributed by atoms with van der Waals surface area (Å²) < 4.78 is 27.7. The van der Waals surface area contributed by atoms with Gasteiger partial charge in [0.2, 0.25) is 10.0 Å². The number of rotatable bonds is 7. The van der Waals surface area contributed by atoms with Crippen LogP contribution in [-0.2, 0) is 10.0 Å². The monoisotopic (exact) mass is 436 g/mol. The van der Waals surface area contributed by atoms with E-state index in [9.17, 15) is 13.5 Å². The van der Waals surface area contributed by atoms with Gasteiger partial charge in [-0.1, -0.05) is 60.3 Å². The molecule has 30 heavy (non-hydrogen) atoms. The Labute approximate surface area is 179 Å². The van der Waals surface area contributed by atoms with Gasteiger partial charge in [0.15, 0.2) is 0 Å². The van der Waals surface area contributed by atoms with Crippen LogP contribution in [0.15, 0.2) is 89.3 Å². The number of hydrogen-bond donors (Lipinski definition) is 2. The number of anilines is 1. The van der Waals surface area contributed by atoms with Crippen molar-refractivity contribution in [2.24, 2.45) is 0 Å². The van der Waals surface area contributed by atoms with Gasteiger partial charge in [0, 0.05) is 27.3 Å². The molecule has 152 valence electrons. The molecule has 1 aromatic heterocycles. The van der Waals surface area contributed by atoms with E-state index in [1.165, 1.54) is 11.8 Å². The van der Waals surface area contributed by atoms with Gasteiger partial charge in [0.25, 0.3) is 0 Å². The second kappa shape index (κ2) is 8.38. The Balaban J connectivity index is 1.82. The quantitative estimate of drug-likeness (QED) is 0.293. The number of aromatic nitrogens is 1. The second-order valence-electron chi connectivity index (χ2n) is 6.75. The molecule has 3 aromatic carbocycles. The number of para-hydroxylation sites is 1. The molecule has 0 bridgehead atoms. The number of phenols is 1. The number of phenolic OH excluding ortho intramolecular Hbond substituents is 1. The number of hydrogen-bond acceptors (Lipinski definition) is 5. The molecule has 2 N–H and O–H groups in total. The summed E-state index contributed by atoms with van der Waals surface area (Å²) in [5, 5.41) is 13.1. The van der Waals surface area contributed by atoms with Crippen LogP contribution in [0, 0.1) is 0 Å². The number of nitrogens with one attached hydrogen (secondary N) is 1. The maximum atomic E-state index is 12.5. The van der Waals surface area contributed by atoms with Gasteiger partial charge in [-0.15, -0.1) is 6.58 Å². The third-order valence-corrected chi connectivity index (χ3v) is 7.04. The van der Waals surface area contributed by atoms with Gasteiger partial charge in [0.05, 0.1) is 21.9 Å². The SMILES string of the molecule is C=CCCS(=O)(=O)Nc1cc(Sc2cccc3cccnc23)c(O)c2ccccc12. The molecule has 0 amide bonds. The summed E-state index contributed by atoms with van der Waals surface area (Å²) in [5.74, 6) is 0.0547. The molecule has 0 atom stereocenters. The van der Waals surface area contributed by atoms with E-state index in [0.29, 0.717) is 27.8 Å². The molecule has 0 fully saturated rings. The van der Waals surface area contributed by atoms with Crippen molar-refractivity contribution in [3.8, 4) is 5.75 Å². The Morgan fingerprint density at radius 2 is 1.80 bits per heavy atom. The topological polar surface area (TPSA) is 79.3 Å². The molecule has 0 aliphatic carbocycles. The van der Waals surface area contributed by atoms with Crippen molar-refractivity contribution >= 4 is 49.1 Å². The fraction of sp³-hybridized carbons (Fsp3) is 0.0870. The van der Waals surface area contributed by atoms with Gasteiger partial charge in [0.1, 0.15) is 5.75 Å². The average molecular weight is 437 g/mol. The Hall–Kier alpha value is -3.03. The number of nitrogens with zero attached hydrogens (tertiary/aromatic N) is 1. The molecule has 4 rings (SSSR count). The number of aromatic hydroxyl groups is 1. The smallest absolute Gasteiger partial charge is 0.233 e. The molecule has 0 saturated heterocycles. The highest BCUT2D eigenvalue weighted by atomic mass is 32.2. The maximum Gasteiger partial charge on any atom is 0.233 e. The minimum atomic E-state index is -3.55. The van der Waals surface area contributed by atoms with E-state index in [4.69, 9.17) is 0 Å². The summed E-state index contributed by atoms with van der Waals surface area (Å²) in [6, 6.07) is 18.6. The fourth-order valence-electron chi connectivity index (χ4n) is 3.23. The molecule has 5 nitrogen and oxygen atoms in total. The first-order chi connectivity index (χ1) is 14.5. The number of allylic oxidation sites excluding steroid dienone is 1. The molecule has 7 heteroatoms. The number of pyridine rings is 1. The predicted molar refractivity (Wildman–Crippen MR) is 124 cm³/mol. The van der Waals surface area contributed by atoms with Gasteiger partial charge in [-0.05, 0) is 24.6 Å². The first-order valence-electron chi connectivity index (χ1n) is 9.36. The van der Waals surface area contributed by atoms with Crippen LogP contribution >= 0.6 is 11.8 Å². The highest BCUT2D eigenvalue weighted by molar-refractivity contribution is 7.99. The lowest BCUT2D eigenvalue weighted by Crippen LogP contribution is -2.16. The number of benzene rings is 3. The first kappa shape index (κ1) is 20.3. The lowest BCUT2D eigenvalue weighted by Gasteiger charge is -2.15. The van der Waals surface area contributed by atoms with Crippen LogP contribution in [0.3, 0.4) is 0 Å². The molecule has 0 radical (unpaired) electrons. The minimum absolute atomic E-state index is 0.0541. The fourth-order valence-corrected chi connectivity index (χ4v) is 5.35. The summed E-state index contributed by atoms with van der Waals surface area (Å²) in [7, 11) is -3.55. The Morgan fingerprint density at radius 3 is 2.60 bits per heavy atom. The van der Waals surface area contributed by atoms with Crippen molar-refractivity contribution in [1.29, 1.82) is 0 Å². The Morgan fingerprint density at radius 1 is 1.03 bits per heavy atom. The molecule has 0 saturated carbocycles. The Bertz CT molecular complexity index is 1350. The van der Waals surface area contributed by atoms with Crippen LogP contribution in [0.4, 0.5) is 5.69 Å². The average Bonchev–Trinajstić information content (AvgIpc) is 2.76. The van der Waals surface area contributed by atoms with Crippen LogP contribution in [-0.4, -0.2) is 24.3 Å². The first-order valence-corrected chi connectivity index (χ1v) is 11.8. The zero-order valence-corrected chi connectivity index (χ0v) is 17.7. The van der Waals surface area contributed by atoms with E-state index < -0.39 is 10.0 Å². The van der Waals surface area contributed by atoms with Gasteiger partial charge >= 0.3 is 0 Å². The summed E-state index contributed by atoms with van der Waals surface area (Å²) in [4.78, 5) is 5.89. The van der Waals surface area contributed by atoms with Gasteiger partial charge in [-0.3, -0.25) is 9.71 Å². The van der Waals surface area contributed by atoms with E-state index in [1.54, 1.807) is 30.5 Å². The third-order valence-electron chi connectivity index (χ3n) is 4.65. The molecule has 0 aliphatic heterocycles. The second-order valence-corrected chi connectivity index (χ2v) is 9.67. The standard InChI is InChI=1S/C23H20N2O3S2/c1-2-3-14-30(27,28)25-19-15-21(23(26)18-11-5-4-10-17(18)19)29-20-12-6-8-16-9-7-13-24-22(16)20/h2,4-13,15,25-26H,1,3,14H2. The summed E-state index contributed by atoms with van der Waals surface area (Å²) in [5.41, 5.74) is 1.26. The molecular formula is C23H20N2O3S2. The van der Waals surface area contributed by atoms with Crippen LogP contribution in [0.5, 0.6) is 5.75 Å². The van der Waals surface area contributed by atoms with Crippen molar-refractivity contribution in [3.63, 3.8) is 0 Å². The molecule has 1 heterocycles. The summed E-state index contributed by atoms with van der Waals surface area (Å²) in [6.45, 7) is 3.58. The Kier molecular flexibility index (Phi) is 5.65.